The molecule has 1 aromatic carbocycles. The van der Waals surface area contributed by atoms with E-state index in [4.69, 9.17) is 11.6 Å². The molecule has 4 rings (SSSR count). The van der Waals surface area contributed by atoms with E-state index in [2.05, 4.69) is 15.3 Å². The molecule has 1 aromatic heterocycles. The Labute approximate surface area is 206 Å². The second kappa shape index (κ2) is 9.73. The van der Waals surface area contributed by atoms with Crippen LogP contribution in [-0.2, 0) is 14.8 Å². The molecule has 1 saturated carbocycles. The Kier molecular flexibility index (Phi) is 7.09. The highest BCUT2D eigenvalue weighted by molar-refractivity contribution is 7.88. The summed E-state index contributed by atoms with van der Waals surface area (Å²) >= 11 is 7.67. The van der Waals surface area contributed by atoms with Crippen molar-refractivity contribution in [2.45, 2.75) is 37.8 Å². The lowest BCUT2D eigenvalue weighted by Crippen LogP contribution is -2.42. The number of thiazole rings is 1. The third-order valence-electron chi connectivity index (χ3n) is 6.34. The van der Waals surface area contributed by atoms with Gasteiger partial charge < -0.3 is 10.4 Å². The predicted molar refractivity (Wildman–Crippen MR) is 129 cm³/mol. The monoisotopic (exact) mass is 526 g/mol. The molecule has 1 fully saturated rings. The Morgan fingerprint density at radius 3 is 2.56 bits per heavy atom. The van der Waals surface area contributed by atoms with E-state index in [1.807, 2.05) is 0 Å². The molecule has 0 spiro atoms. The Balaban J connectivity index is 1.74. The molecule has 2 aromatic rings. The first-order valence-corrected chi connectivity index (χ1v) is 13.8. The van der Waals surface area contributed by atoms with Crippen molar-refractivity contribution in [3.8, 4) is 0 Å². The third-order valence-corrected chi connectivity index (χ3v) is 8.79. The Hall–Kier alpha value is -2.34. The number of hydrogen-bond donors (Lipinski definition) is 2. The maximum absolute atomic E-state index is 13.7. The van der Waals surface area contributed by atoms with Crippen molar-refractivity contribution < 1.29 is 22.7 Å². The van der Waals surface area contributed by atoms with Gasteiger partial charge in [-0.25, -0.2) is 26.9 Å². The molecule has 8 nitrogen and oxygen atoms in total. The van der Waals surface area contributed by atoms with Gasteiger partial charge in [0, 0.05) is 40.9 Å². The van der Waals surface area contributed by atoms with Gasteiger partial charge in [-0.2, -0.15) is 0 Å². The molecule has 0 saturated heterocycles. The highest BCUT2D eigenvalue weighted by Gasteiger charge is 2.38. The minimum atomic E-state index is -3.32. The van der Waals surface area contributed by atoms with Gasteiger partial charge in [0.1, 0.15) is 11.9 Å². The van der Waals surface area contributed by atoms with Gasteiger partial charge in [-0.3, -0.25) is 4.99 Å². The fraction of sp³-hybridized carbons (Fsp3) is 0.409. The van der Waals surface area contributed by atoms with Gasteiger partial charge in [-0.05, 0) is 43.7 Å². The molecule has 0 amide bonds. The third kappa shape index (κ3) is 5.02. The zero-order valence-corrected chi connectivity index (χ0v) is 20.9. The Morgan fingerprint density at radius 2 is 2.00 bits per heavy atom. The zero-order valence-electron chi connectivity index (χ0n) is 18.5. The van der Waals surface area contributed by atoms with Crippen molar-refractivity contribution in [1.82, 2.24) is 14.6 Å². The molecule has 34 heavy (non-hydrogen) atoms. The second-order valence-electron chi connectivity index (χ2n) is 8.43. The fourth-order valence-corrected chi connectivity index (χ4v) is 6.13. The number of benzene rings is 1. The lowest BCUT2D eigenvalue weighted by molar-refractivity contribution is -0.133. The number of carboxylic acids is 1. The molecule has 2 heterocycles. The van der Waals surface area contributed by atoms with Crippen LogP contribution in [0.3, 0.4) is 0 Å². The molecule has 1 atom stereocenters. The molecule has 0 radical (unpaired) electrons. The summed E-state index contributed by atoms with van der Waals surface area (Å²) in [6, 6.07) is 2.74. The average molecular weight is 527 g/mol. The number of hydrogen-bond acceptors (Lipinski definition) is 7. The minimum absolute atomic E-state index is 0.0498. The molecule has 2 N–H and O–H groups in total. The second-order valence-corrected chi connectivity index (χ2v) is 11.8. The maximum Gasteiger partial charge on any atom is 0.335 e. The van der Waals surface area contributed by atoms with E-state index in [-0.39, 0.29) is 22.6 Å². The van der Waals surface area contributed by atoms with Crippen molar-refractivity contribution in [1.29, 1.82) is 0 Å². The van der Waals surface area contributed by atoms with Gasteiger partial charge in [0.15, 0.2) is 10.8 Å². The number of rotatable bonds is 6. The number of aliphatic carboxylic acids is 1. The average Bonchev–Trinajstić information content (AvgIpc) is 3.32. The van der Waals surface area contributed by atoms with Gasteiger partial charge in [-0.1, -0.05) is 17.7 Å². The van der Waals surface area contributed by atoms with Crippen LogP contribution in [-0.4, -0.2) is 54.0 Å². The van der Waals surface area contributed by atoms with E-state index < -0.39 is 27.9 Å². The first-order valence-electron chi connectivity index (χ1n) is 10.7. The molecule has 1 unspecified atom stereocenters. The van der Waals surface area contributed by atoms with Crippen LogP contribution in [0.4, 0.5) is 4.39 Å². The summed E-state index contributed by atoms with van der Waals surface area (Å²) < 4.78 is 39.0. The largest absolute Gasteiger partial charge is 0.478 e. The van der Waals surface area contributed by atoms with Crippen molar-refractivity contribution in [3.63, 3.8) is 0 Å². The van der Waals surface area contributed by atoms with E-state index in [9.17, 15) is 22.7 Å². The standard InChI is InChI=1S/C22H24ClFN4O4S2/c1-28(34(2,31)32)14-6-3-12(4-7-14)18-17(22(29)30)19(15-8-5-13(24)11-16(15)23)27-20(26-18)21-25-9-10-33-21/h5,8-12,14,19H,3-4,6-7H2,1-2H3,(H,26,27)(H,29,30). The van der Waals surface area contributed by atoms with E-state index in [0.29, 0.717) is 47.8 Å². The summed E-state index contributed by atoms with van der Waals surface area (Å²) in [5, 5.41) is 15.9. The Bertz CT molecular complexity index is 1260. The highest BCUT2D eigenvalue weighted by Crippen LogP contribution is 2.41. The summed E-state index contributed by atoms with van der Waals surface area (Å²) in [5.74, 6) is -1.40. The van der Waals surface area contributed by atoms with Crippen LogP contribution in [0.1, 0.15) is 42.3 Å². The molecule has 0 bridgehead atoms. The van der Waals surface area contributed by atoms with Gasteiger partial charge in [0.2, 0.25) is 10.0 Å². The van der Waals surface area contributed by atoms with Crippen molar-refractivity contribution in [3.05, 3.63) is 62.5 Å². The topological polar surface area (TPSA) is 112 Å². The number of aromatic nitrogens is 1. The SMILES string of the molecule is CN(C1CCC(C2=C(C(=O)O)C(c3ccc(F)cc3Cl)N=C(c3nccs3)N2)CC1)S(C)(=O)=O. The summed E-state index contributed by atoms with van der Waals surface area (Å²) in [7, 11) is -1.75. The number of aliphatic imine (C=N–C) groups is 1. The number of nitrogens with zero attached hydrogens (tertiary/aromatic N) is 3. The van der Waals surface area contributed by atoms with Crippen molar-refractivity contribution >= 4 is 44.8 Å². The van der Waals surface area contributed by atoms with Crippen LogP contribution in [0, 0.1) is 11.7 Å². The summed E-state index contributed by atoms with van der Waals surface area (Å²) in [6.45, 7) is 0. The van der Waals surface area contributed by atoms with Crippen LogP contribution in [0.25, 0.3) is 0 Å². The predicted octanol–water partition coefficient (Wildman–Crippen LogP) is 3.82. The maximum atomic E-state index is 13.7. The normalized spacial score (nSPS) is 23.6. The van der Waals surface area contributed by atoms with Crippen LogP contribution in [0.2, 0.25) is 5.02 Å². The van der Waals surface area contributed by atoms with E-state index >= 15 is 0 Å². The quantitative estimate of drug-likeness (QED) is 0.592. The molecule has 1 aliphatic heterocycles. The molecular formula is C22H24ClFN4O4S2. The highest BCUT2D eigenvalue weighted by atomic mass is 35.5. The molecular weight excluding hydrogens is 503 g/mol. The lowest BCUT2D eigenvalue weighted by Gasteiger charge is -2.37. The van der Waals surface area contributed by atoms with Gasteiger partial charge >= 0.3 is 5.97 Å². The fourth-order valence-electron chi connectivity index (χ4n) is 4.52. The van der Waals surface area contributed by atoms with Crippen LogP contribution in [0.5, 0.6) is 0 Å². The summed E-state index contributed by atoms with van der Waals surface area (Å²) in [6.07, 6.45) is 5.19. The number of carbonyl (C=O) groups is 1. The number of halogens is 2. The van der Waals surface area contributed by atoms with Crippen molar-refractivity contribution in [2.24, 2.45) is 10.9 Å². The van der Waals surface area contributed by atoms with Crippen LogP contribution in [0.15, 0.2) is 46.0 Å². The molecule has 182 valence electrons. The molecule has 2 aliphatic rings. The number of sulfonamides is 1. The van der Waals surface area contributed by atoms with Gasteiger partial charge in [0.05, 0.1) is 11.8 Å². The van der Waals surface area contributed by atoms with Crippen LogP contribution < -0.4 is 5.32 Å². The first kappa shape index (κ1) is 24.8. The van der Waals surface area contributed by atoms with Crippen LogP contribution >= 0.6 is 22.9 Å². The Morgan fingerprint density at radius 1 is 1.29 bits per heavy atom. The zero-order chi connectivity index (χ0) is 24.6. The number of allylic oxidation sites excluding steroid dienone is 1. The molecule has 1 aliphatic carbocycles. The van der Waals surface area contributed by atoms with Gasteiger partial charge in [0.25, 0.3) is 0 Å². The minimum Gasteiger partial charge on any atom is -0.478 e. The van der Waals surface area contributed by atoms with E-state index in [1.54, 1.807) is 18.6 Å². The molecule has 12 heteroatoms. The smallest absolute Gasteiger partial charge is 0.335 e. The lowest BCUT2D eigenvalue weighted by atomic mass is 9.80. The van der Waals surface area contributed by atoms with E-state index in [0.717, 1.165) is 6.07 Å². The van der Waals surface area contributed by atoms with Gasteiger partial charge in [-0.15, -0.1) is 11.3 Å². The summed E-state index contributed by atoms with van der Waals surface area (Å²) in [5.41, 5.74) is 0.950. The van der Waals surface area contributed by atoms with Crippen molar-refractivity contribution in [2.75, 3.05) is 13.3 Å². The number of nitrogens with one attached hydrogen (secondary N) is 1. The summed E-state index contributed by atoms with van der Waals surface area (Å²) in [4.78, 5) is 21.4. The number of amidine groups is 1. The van der Waals surface area contributed by atoms with E-state index in [1.165, 1.54) is 34.0 Å². The number of carboxylic acid groups (broad SMARTS) is 1. The first-order chi connectivity index (χ1) is 16.1.